The molecule has 9 nitrogen and oxygen atoms in total. The Morgan fingerprint density at radius 3 is 2.05 bits per heavy atom. The van der Waals surface area contributed by atoms with Crippen LogP contribution in [0.5, 0.6) is 5.75 Å². The number of hydrogen-bond donors (Lipinski definition) is 1. The van der Waals surface area contributed by atoms with E-state index in [0.29, 0.717) is 24.2 Å². The highest BCUT2D eigenvalue weighted by Gasteiger charge is 2.39. The summed E-state index contributed by atoms with van der Waals surface area (Å²) in [6, 6.07) is 19.4. The van der Waals surface area contributed by atoms with E-state index in [4.69, 9.17) is 10.1 Å². The van der Waals surface area contributed by atoms with Crippen molar-refractivity contribution >= 4 is 39.2 Å². The lowest BCUT2D eigenvalue weighted by Gasteiger charge is -2.33. The molecule has 0 aliphatic carbocycles. The minimum Gasteiger partial charge on any atom is -0.508 e. The van der Waals surface area contributed by atoms with Crippen molar-refractivity contribution in [3.63, 3.8) is 0 Å². The summed E-state index contributed by atoms with van der Waals surface area (Å²) in [5.74, 6) is 0.889. The van der Waals surface area contributed by atoms with Crippen LogP contribution >= 0.6 is 23.1 Å². The predicted octanol–water partition coefficient (Wildman–Crippen LogP) is 7.21. The van der Waals surface area contributed by atoms with Gasteiger partial charge in [0.05, 0.1) is 0 Å². The summed E-state index contributed by atoms with van der Waals surface area (Å²) in [6.07, 6.45) is 5.09. The number of aliphatic imine (C=N–C) groups is 1. The van der Waals surface area contributed by atoms with Crippen LogP contribution in [0.3, 0.4) is 0 Å². The first kappa shape index (κ1) is 31.6. The molecule has 0 radical (unpaired) electrons. The van der Waals surface area contributed by atoms with Gasteiger partial charge in [0.25, 0.3) is 0 Å². The number of hydrazone groups is 1. The summed E-state index contributed by atoms with van der Waals surface area (Å²) < 4.78 is 0. The Balaban J connectivity index is 1.62. The molecular formula is C33H40N8OS2. The molecule has 44 heavy (non-hydrogen) atoms. The molecule has 0 spiro atoms. The molecule has 5 rings (SSSR count). The van der Waals surface area contributed by atoms with Gasteiger partial charge in [0, 0.05) is 60.5 Å². The van der Waals surface area contributed by atoms with Crippen LogP contribution in [0.1, 0.15) is 68.9 Å². The second-order valence-electron chi connectivity index (χ2n) is 12.7. The minimum absolute atomic E-state index is 0.144. The molecule has 0 bridgehead atoms. The number of guanidine groups is 1. The number of nitrogens with zero attached hydrogens (tertiary/aromatic N) is 8. The SMILES string of the molecule is CC(C)(C)C1=NN(/C(=N/c2nnc(C(C)(C)C)s2)N(CCc2ccccn2)CCc2ccccn2)C(c2cccc(O)c2)S1. The van der Waals surface area contributed by atoms with Crippen molar-refractivity contribution in [2.24, 2.45) is 15.5 Å². The molecule has 3 aromatic heterocycles. The fourth-order valence-corrected chi connectivity index (χ4v) is 6.51. The molecule has 1 atom stereocenters. The highest BCUT2D eigenvalue weighted by molar-refractivity contribution is 8.14. The molecule has 230 valence electrons. The van der Waals surface area contributed by atoms with Gasteiger partial charge in [-0.15, -0.1) is 10.2 Å². The molecule has 4 heterocycles. The van der Waals surface area contributed by atoms with Crippen molar-refractivity contribution in [3.8, 4) is 5.75 Å². The van der Waals surface area contributed by atoms with Gasteiger partial charge >= 0.3 is 0 Å². The van der Waals surface area contributed by atoms with Gasteiger partial charge in [-0.1, -0.05) is 88.9 Å². The molecule has 0 fully saturated rings. The quantitative estimate of drug-likeness (QED) is 0.161. The zero-order valence-corrected chi connectivity index (χ0v) is 27.8. The first-order valence-electron chi connectivity index (χ1n) is 14.8. The standard InChI is InChI=1S/C33H40N8OS2/c1-32(2,3)28-37-38-30(44-28)36-31(41-27(23-12-11-15-26(42)22-23)43-29(39-41)33(4,5)6)40(20-16-24-13-7-9-18-34-24)21-17-25-14-8-10-19-35-25/h7-15,18-19,22,27,42H,16-17,20-21H2,1-6H3/b36-31+. The van der Waals surface area contributed by atoms with Crippen LogP contribution in [0.15, 0.2) is 83.2 Å². The molecule has 4 aromatic rings. The van der Waals surface area contributed by atoms with Crippen LogP contribution in [-0.2, 0) is 18.3 Å². The summed E-state index contributed by atoms with van der Waals surface area (Å²) in [7, 11) is 0. The smallest absolute Gasteiger partial charge is 0.234 e. The van der Waals surface area contributed by atoms with Crippen LogP contribution in [0.4, 0.5) is 5.13 Å². The molecule has 0 amide bonds. The summed E-state index contributed by atoms with van der Waals surface area (Å²) in [4.78, 5) is 16.6. The number of aromatic hydroxyl groups is 1. The Kier molecular flexibility index (Phi) is 9.65. The van der Waals surface area contributed by atoms with E-state index in [9.17, 15) is 5.11 Å². The monoisotopic (exact) mass is 628 g/mol. The van der Waals surface area contributed by atoms with Gasteiger partial charge in [-0.05, 0) is 42.0 Å². The fraction of sp³-hybridized carbons (Fsp3) is 0.394. The summed E-state index contributed by atoms with van der Waals surface area (Å²) >= 11 is 3.18. The second kappa shape index (κ2) is 13.4. The molecule has 1 aliphatic heterocycles. The Hall–Kier alpha value is -3.83. The molecule has 0 saturated heterocycles. The zero-order valence-electron chi connectivity index (χ0n) is 26.2. The Morgan fingerprint density at radius 2 is 1.52 bits per heavy atom. The van der Waals surface area contributed by atoms with E-state index >= 15 is 0 Å². The molecule has 1 aromatic carbocycles. The lowest BCUT2D eigenvalue weighted by Crippen LogP contribution is -2.44. The van der Waals surface area contributed by atoms with Crippen molar-refractivity contribution < 1.29 is 5.11 Å². The van der Waals surface area contributed by atoms with Gasteiger partial charge in [-0.25, -0.2) is 5.01 Å². The second-order valence-corrected chi connectivity index (χ2v) is 14.8. The molecule has 0 saturated carbocycles. The van der Waals surface area contributed by atoms with Gasteiger partial charge in [-0.3, -0.25) is 9.97 Å². The van der Waals surface area contributed by atoms with E-state index < -0.39 is 0 Å². The topological polar surface area (TPSA) is 103 Å². The zero-order chi connectivity index (χ0) is 31.3. The average molecular weight is 629 g/mol. The largest absolute Gasteiger partial charge is 0.508 e. The molecule has 1 aliphatic rings. The van der Waals surface area contributed by atoms with Crippen LogP contribution in [0.2, 0.25) is 0 Å². The lowest BCUT2D eigenvalue weighted by atomic mass is 9.98. The first-order chi connectivity index (χ1) is 21.0. The van der Waals surface area contributed by atoms with Gasteiger partial charge in [0.2, 0.25) is 11.1 Å². The van der Waals surface area contributed by atoms with E-state index in [1.54, 1.807) is 23.9 Å². The fourth-order valence-electron chi connectivity index (χ4n) is 4.51. The van der Waals surface area contributed by atoms with Crippen molar-refractivity contribution in [3.05, 3.63) is 95.0 Å². The van der Waals surface area contributed by atoms with Crippen LogP contribution in [0.25, 0.3) is 0 Å². The van der Waals surface area contributed by atoms with E-state index in [2.05, 4.69) is 66.6 Å². The third-order valence-corrected chi connectivity index (χ3v) is 9.76. The Morgan fingerprint density at radius 1 is 0.864 bits per heavy atom. The van der Waals surface area contributed by atoms with Crippen LogP contribution in [-0.4, -0.2) is 59.3 Å². The molecule has 1 N–H and O–H groups in total. The normalized spacial score (nSPS) is 15.9. The van der Waals surface area contributed by atoms with E-state index in [0.717, 1.165) is 39.8 Å². The maximum Gasteiger partial charge on any atom is 0.234 e. The number of benzene rings is 1. The van der Waals surface area contributed by atoms with Crippen LogP contribution in [0, 0.1) is 5.41 Å². The van der Waals surface area contributed by atoms with Crippen LogP contribution < -0.4 is 0 Å². The van der Waals surface area contributed by atoms with Crippen molar-refractivity contribution in [1.82, 2.24) is 30.1 Å². The summed E-state index contributed by atoms with van der Waals surface area (Å²) in [6.45, 7) is 14.2. The number of rotatable bonds is 8. The number of pyridine rings is 2. The molecule has 1 unspecified atom stereocenters. The van der Waals surface area contributed by atoms with Crippen molar-refractivity contribution in [1.29, 1.82) is 0 Å². The average Bonchev–Trinajstić information content (AvgIpc) is 3.66. The molecular weight excluding hydrogens is 589 g/mol. The number of aromatic nitrogens is 4. The molecule has 11 heteroatoms. The highest BCUT2D eigenvalue weighted by atomic mass is 32.2. The summed E-state index contributed by atoms with van der Waals surface area (Å²) in [5.41, 5.74) is 2.61. The number of thioether (sulfide) groups is 1. The predicted molar refractivity (Wildman–Crippen MR) is 180 cm³/mol. The Bertz CT molecular complexity index is 1550. The number of hydrogen-bond acceptors (Lipinski definition) is 9. The third-order valence-electron chi connectivity index (χ3n) is 6.91. The maximum atomic E-state index is 10.4. The van der Waals surface area contributed by atoms with Gasteiger partial charge < -0.3 is 10.0 Å². The van der Waals surface area contributed by atoms with Gasteiger partial charge in [0.1, 0.15) is 21.2 Å². The van der Waals surface area contributed by atoms with Crippen molar-refractivity contribution in [2.75, 3.05) is 13.1 Å². The van der Waals surface area contributed by atoms with Gasteiger partial charge in [0.15, 0.2) is 0 Å². The van der Waals surface area contributed by atoms with Crippen molar-refractivity contribution in [2.45, 2.75) is 65.2 Å². The van der Waals surface area contributed by atoms with E-state index in [1.807, 2.05) is 65.9 Å². The maximum absolute atomic E-state index is 10.4. The third kappa shape index (κ3) is 8.00. The highest BCUT2D eigenvalue weighted by Crippen LogP contribution is 2.45. The lowest BCUT2D eigenvalue weighted by molar-refractivity contribution is 0.319. The number of phenolic OH excluding ortho intramolecular Hbond substituents is 1. The first-order valence-corrected chi connectivity index (χ1v) is 16.5. The summed E-state index contributed by atoms with van der Waals surface area (Å²) in [5, 5.41) is 28.9. The van der Waals surface area contributed by atoms with Gasteiger partial charge in [-0.2, -0.15) is 10.1 Å². The van der Waals surface area contributed by atoms with E-state index in [1.165, 1.54) is 11.3 Å². The number of phenols is 1. The minimum atomic E-state index is -0.239. The van der Waals surface area contributed by atoms with E-state index in [-0.39, 0.29) is 22.0 Å². The Labute approximate surface area is 268 Å².